The summed E-state index contributed by atoms with van der Waals surface area (Å²) in [6.45, 7) is 8.41. The molecule has 1 atom stereocenters. The van der Waals surface area contributed by atoms with Crippen LogP contribution in [-0.4, -0.2) is 24.9 Å². The first-order chi connectivity index (χ1) is 9.87. The van der Waals surface area contributed by atoms with Gasteiger partial charge in [-0.15, -0.1) is 0 Å². The monoisotopic (exact) mass is 291 g/mol. The summed E-state index contributed by atoms with van der Waals surface area (Å²) < 4.78 is 0. The predicted molar refractivity (Wildman–Crippen MR) is 85.3 cm³/mol. The Morgan fingerprint density at radius 3 is 2.43 bits per heavy atom. The zero-order chi connectivity index (χ0) is 16.0. The molecule has 5 nitrogen and oxygen atoms in total. The Morgan fingerprint density at radius 2 is 1.95 bits per heavy atom. The van der Waals surface area contributed by atoms with E-state index < -0.39 is 5.41 Å². The second kappa shape index (κ2) is 7.22. The maximum Gasteiger partial charge on any atom is 0.251 e. The first-order valence-electron chi connectivity index (χ1n) is 7.28. The van der Waals surface area contributed by atoms with Crippen molar-refractivity contribution in [2.75, 3.05) is 18.4 Å². The standard InChI is InChI=1S/C16H25N3O2/c1-5-16(4,10-17)15(21)19-13-8-7-12(9-11(13)3)14(20)18-6-2/h7-9H,5-6,10,17H2,1-4H3,(H,18,20)(H,19,21). The number of carbonyl (C=O) groups is 2. The molecule has 1 aromatic carbocycles. The zero-order valence-corrected chi connectivity index (χ0v) is 13.2. The SMILES string of the molecule is CCNC(=O)c1ccc(NC(=O)C(C)(CC)CN)c(C)c1. The van der Waals surface area contributed by atoms with Gasteiger partial charge in [0, 0.05) is 24.3 Å². The lowest BCUT2D eigenvalue weighted by molar-refractivity contribution is -0.124. The summed E-state index contributed by atoms with van der Waals surface area (Å²) in [5, 5.41) is 5.65. The van der Waals surface area contributed by atoms with Crippen LogP contribution in [0.5, 0.6) is 0 Å². The molecule has 0 saturated heterocycles. The van der Waals surface area contributed by atoms with Crippen molar-refractivity contribution >= 4 is 17.5 Å². The summed E-state index contributed by atoms with van der Waals surface area (Å²) in [5.41, 5.74) is 7.26. The van der Waals surface area contributed by atoms with Crippen LogP contribution in [0, 0.1) is 12.3 Å². The van der Waals surface area contributed by atoms with Crippen molar-refractivity contribution < 1.29 is 9.59 Å². The molecule has 1 unspecified atom stereocenters. The number of anilines is 1. The number of aryl methyl sites for hydroxylation is 1. The summed E-state index contributed by atoms with van der Waals surface area (Å²) in [6.07, 6.45) is 0.672. The molecule has 5 heteroatoms. The molecular formula is C16H25N3O2. The molecule has 2 amide bonds. The van der Waals surface area contributed by atoms with E-state index in [9.17, 15) is 9.59 Å². The van der Waals surface area contributed by atoms with Crippen LogP contribution in [0.15, 0.2) is 18.2 Å². The highest BCUT2D eigenvalue weighted by molar-refractivity contribution is 5.98. The third kappa shape index (κ3) is 4.04. The summed E-state index contributed by atoms with van der Waals surface area (Å²) >= 11 is 0. The predicted octanol–water partition coefficient (Wildman–Crippen LogP) is 2.06. The highest BCUT2D eigenvalue weighted by Crippen LogP contribution is 2.24. The lowest BCUT2D eigenvalue weighted by Gasteiger charge is -2.25. The second-order valence-electron chi connectivity index (χ2n) is 5.46. The average Bonchev–Trinajstić information content (AvgIpc) is 2.48. The van der Waals surface area contributed by atoms with Gasteiger partial charge in [-0.3, -0.25) is 9.59 Å². The Kier molecular flexibility index (Phi) is 5.90. The second-order valence-corrected chi connectivity index (χ2v) is 5.46. The van der Waals surface area contributed by atoms with Gasteiger partial charge in [-0.2, -0.15) is 0 Å². The number of carbonyl (C=O) groups excluding carboxylic acids is 2. The van der Waals surface area contributed by atoms with Gasteiger partial charge in [0.05, 0.1) is 5.41 Å². The molecule has 0 bridgehead atoms. The fourth-order valence-corrected chi connectivity index (χ4v) is 1.88. The molecule has 0 saturated carbocycles. The first-order valence-corrected chi connectivity index (χ1v) is 7.28. The molecule has 0 spiro atoms. The Bertz CT molecular complexity index is 522. The van der Waals surface area contributed by atoms with E-state index >= 15 is 0 Å². The minimum Gasteiger partial charge on any atom is -0.352 e. The lowest BCUT2D eigenvalue weighted by Crippen LogP contribution is -2.39. The maximum atomic E-state index is 12.3. The van der Waals surface area contributed by atoms with Gasteiger partial charge >= 0.3 is 0 Å². The fraction of sp³-hybridized carbons (Fsp3) is 0.500. The van der Waals surface area contributed by atoms with E-state index in [2.05, 4.69) is 10.6 Å². The molecule has 1 aromatic rings. The molecule has 0 radical (unpaired) electrons. The van der Waals surface area contributed by atoms with E-state index in [1.807, 2.05) is 27.7 Å². The summed E-state index contributed by atoms with van der Waals surface area (Å²) in [4.78, 5) is 24.1. The summed E-state index contributed by atoms with van der Waals surface area (Å²) in [6, 6.07) is 5.23. The van der Waals surface area contributed by atoms with E-state index in [1.165, 1.54) is 0 Å². The Labute approximate surface area is 126 Å². The van der Waals surface area contributed by atoms with Gasteiger partial charge in [0.15, 0.2) is 0 Å². The van der Waals surface area contributed by atoms with Crippen LogP contribution < -0.4 is 16.4 Å². The highest BCUT2D eigenvalue weighted by atomic mass is 16.2. The molecule has 0 fully saturated rings. The Hall–Kier alpha value is -1.88. The molecule has 0 aliphatic rings. The highest BCUT2D eigenvalue weighted by Gasteiger charge is 2.29. The van der Waals surface area contributed by atoms with E-state index in [4.69, 9.17) is 5.73 Å². The third-order valence-corrected chi connectivity index (χ3v) is 3.85. The topological polar surface area (TPSA) is 84.2 Å². The van der Waals surface area contributed by atoms with Gasteiger partial charge in [-0.1, -0.05) is 6.92 Å². The molecule has 0 aliphatic carbocycles. The molecule has 0 heterocycles. The molecule has 0 aliphatic heterocycles. The van der Waals surface area contributed by atoms with Crippen molar-refractivity contribution in [3.63, 3.8) is 0 Å². The smallest absolute Gasteiger partial charge is 0.251 e. The Balaban J connectivity index is 2.91. The average molecular weight is 291 g/mol. The van der Waals surface area contributed by atoms with E-state index in [0.29, 0.717) is 30.8 Å². The summed E-state index contributed by atoms with van der Waals surface area (Å²) in [7, 11) is 0. The molecule has 0 aromatic heterocycles. The normalized spacial score (nSPS) is 13.4. The Morgan fingerprint density at radius 1 is 1.29 bits per heavy atom. The third-order valence-electron chi connectivity index (χ3n) is 3.85. The van der Waals surface area contributed by atoms with E-state index in [1.54, 1.807) is 18.2 Å². The number of amides is 2. The van der Waals surface area contributed by atoms with Gasteiger partial charge in [0.25, 0.3) is 5.91 Å². The number of hydrogen-bond donors (Lipinski definition) is 3. The van der Waals surface area contributed by atoms with Crippen molar-refractivity contribution in [1.29, 1.82) is 0 Å². The number of nitrogens with one attached hydrogen (secondary N) is 2. The lowest BCUT2D eigenvalue weighted by atomic mass is 9.86. The molecule has 1 rings (SSSR count). The zero-order valence-electron chi connectivity index (χ0n) is 13.2. The molecule has 4 N–H and O–H groups in total. The number of nitrogens with two attached hydrogens (primary N) is 1. The van der Waals surface area contributed by atoms with Crippen LogP contribution in [0.3, 0.4) is 0 Å². The van der Waals surface area contributed by atoms with Gasteiger partial charge in [0.2, 0.25) is 5.91 Å². The largest absolute Gasteiger partial charge is 0.352 e. The molecule has 116 valence electrons. The minimum absolute atomic E-state index is 0.0960. The summed E-state index contributed by atoms with van der Waals surface area (Å²) in [5.74, 6) is -0.208. The number of hydrogen-bond acceptors (Lipinski definition) is 3. The van der Waals surface area contributed by atoms with Crippen LogP contribution >= 0.6 is 0 Å². The maximum absolute atomic E-state index is 12.3. The van der Waals surface area contributed by atoms with Gasteiger partial charge in [-0.25, -0.2) is 0 Å². The quantitative estimate of drug-likeness (QED) is 0.750. The van der Waals surface area contributed by atoms with Gasteiger partial charge in [0.1, 0.15) is 0 Å². The first kappa shape index (κ1) is 17.2. The van der Waals surface area contributed by atoms with Crippen molar-refractivity contribution in [2.24, 2.45) is 11.1 Å². The van der Waals surface area contributed by atoms with Crippen molar-refractivity contribution in [3.05, 3.63) is 29.3 Å². The molecular weight excluding hydrogens is 266 g/mol. The van der Waals surface area contributed by atoms with Crippen LogP contribution in [0.25, 0.3) is 0 Å². The fourth-order valence-electron chi connectivity index (χ4n) is 1.88. The van der Waals surface area contributed by atoms with E-state index in [0.717, 1.165) is 5.56 Å². The number of benzene rings is 1. The van der Waals surface area contributed by atoms with Gasteiger partial charge in [-0.05, 0) is 51.0 Å². The van der Waals surface area contributed by atoms with Gasteiger partial charge < -0.3 is 16.4 Å². The van der Waals surface area contributed by atoms with Crippen LogP contribution in [-0.2, 0) is 4.79 Å². The molecule has 21 heavy (non-hydrogen) atoms. The van der Waals surface area contributed by atoms with Crippen molar-refractivity contribution in [3.8, 4) is 0 Å². The van der Waals surface area contributed by atoms with Crippen LogP contribution in [0.4, 0.5) is 5.69 Å². The minimum atomic E-state index is -0.579. The van der Waals surface area contributed by atoms with Crippen LogP contribution in [0.2, 0.25) is 0 Å². The van der Waals surface area contributed by atoms with Crippen molar-refractivity contribution in [1.82, 2.24) is 5.32 Å². The van der Waals surface area contributed by atoms with Crippen LogP contribution in [0.1, 0.15) is 43.1 Å². The van der Waals surface area contributed by atoms with Crippen molar-refractivity contribution in [2.45, 2.75) is 34.1 Å². The van der Waals surface area contributed by atoms with E-state index in [-0.39, 0.29) is 11.8 Å². The number of rotatable bonds is 6.